The lowest BCUT2D eigenvalue weighted by atomic mass is 10.1. The standard InChI is InChI=1S/C23H25ClN4O.ClH/c24-20-10-4-2-8-18(20)12-13-22-25-23(19-9-3-5-11-21(19)29)28(26-22)17-16-27-14-6-1-7-15-27;/h2-5,8-13,29H,1,6-7,14-17H2;1H/b13-12+;. The molecule has 0 atom stereocenters. The van der Waals surface area contributed by atoms with Gasteiger partial charge in [0.25, 0.3) is 0 Å². The monoisotopic (exact) mass is 444 g/mol. The number of phenols is 1. The molecule has 2 aromatic carbocycles. The van der Waals surface area contributed by atoms with Gasteiger partial charge in [-0.25, -0.2) is 9.67 Å². The third-order valence-electron chi connectivity index (χ3n) is 5.39. The van der Waals surface area contributed by atoms with E-state index in [0.717, 1.165) is 18.7 Å². The summed E-state index contributed by atoms with van der Waals surface area (Å²) in [5, 5.41) is 15.7. The zero-order valence-electron chi connectivity index (χ0n) is 16.8. The van der Waals surface area contributed by atoms with Crippen LogP contribution < -0.4 is 17.3 Å². The Labute approximate surface area is 188 Å². The first-order valence-corrected chi connectivity index (χ1v) is 10.6. The Balaban J connectivity index is 0.00000256. The topological polar surface area (TPSA) is 55.4 Å². The van der Waals surface area contributed by atoms with Gasteiger partial charge in [0.1, 0.15) is 5.75 Å². The van der Waals surface area contributed by atoms with Crippen molar-refractivity contribution >= 4 is 23.8 Å². The van der Waals surface area contributed by atoms with Gasteiger partial charge < -0.3 is 22.4 Å². The molecule has 0 aliphatic carbocycles. The Bertz CT molecular complexity index is 996. The molecular weight excluding hydrogens is 419 g/mol. The lowest BCUT2D eigenvalue weighted by molar-refractivity contribution is -0.905. The molecule has 2 heterocycles. The van der Waals surface area contributed by atoms with Crippen molar-refractivity contribution in [3.8, 4) is 17.1 Å². The number of para-hydroxylation sites is 1. The Morgan fingerprint density at radius 1 is 1.00 bits per heavy atom. The summed E-state index contributed by atoms with van der Waals surface area (Å²) in [6.45, 7) is 4.23. The minimum absolute atomic E-state index is 0. The first-order valence-electron chi connectivity index (χ1n) is 10.2. The van der Waals surface area contributed by atoms with E-state index in [2.05, 4.69) is 0 Å². The first kappa shape index (κ1) is 22.3. The molecule has 158 valence electrons. The molecule has 1 saturated heterocycles. The summed E-state index contributed by atoms with van der Waals surface area (Å²) in [6.07, 6.45) is 7.73. The number of hydrogen-bond donors (Lipinski definition) is 2. The van der Waals surface area contributed by atoms with Gasteiger partial charge in [-0.05, 0) is 55.2 Å². The van der Waals surface area contributed by atoms with Crippen molar-refractivity contribution in [3.63, 3.8) is 0 Å². The smallest absolute Gasteiger partial charge is 0.174 e. The van der Waals surface area contributed by atoms with Crippen LogP contribution in [0.2, 0.25) is 5.02 Å². The van der Waals surface area contributed by atoms with E-state index in [1.54, 1.807) is 11.0 Å². The molecule has 0 unspecified atom stereocenters. The fourth-order valence-corrected chi connectivity index (χ4v) is 3.99. The number of phenolic OH excluding ortho intramolecular Hbond substituents is 1. The third-order valence-corrected chi connectivity index (χ3v) is 5.73. The fraction of sp³-hybridized carbons (Fsp3) is 0.304. The largest absolute Gasteiger partial charge is 1.00 e. The second-order valence-corrected chi connectivity index (χ2v) is 7.86. The highest BCUT2D eigenvalue weighted by Gasteiger charge is 2.17. The highest BCUT2D eigenvalue weighted by atomic mass is 35.5. The molecule has 4 rings (SSSR count). The lowest BCUT2D eigenvalue weighted by Crippen LogP contribution is -3.13. The second-order valence-electron chi connectivity index (χ2n) is 7.45. The molecule has 1 aliphatic rings. The van der Waals surface area contributed by atoms with E-state index < -0.39 is 0 Å². The minimum atomic E-state index is 0. The maximum absolute atomic E-state index is 10.3. The number of aromatic nitrogens is 3. The van der Waals surface area contributed by atoms with Crippen LogP contribution >= 0.6 is 11.6 Å². The molecule has 7 heteroatoms. The van der Waals surface area contributed by atoms with E-state index in [-0.39, 0.29) is 18.2 Å². The van der Waals surface area contributed by atoms with Gasteiger partial charge in [0.05, 0.1) is 31.7 Å². The average Bonchev–Trinajstić information content (AvgIpc) is 3.15. The number of piperidine rings is 1. The Morgan fingerprint density at radius 2 is 1.73 bits per heavy atom. The third kappa shape index (κ3) is 5.42. The van der Waals surface area contributed by atoms with E-state index >= 15 is 0 Å². The Morgan fingerprint density at radius 3 is 2.50 bits per heavy atom. The van der Waals surface area contributed by atoms with Crippen LogP contribution in [0.1, 0.15) is 30.7 Å². The number of likely N-dealkylation sites (tertiary alicyclic amines) is 1. The van der Waals surface area contributed by atoms with Crippen molar-refractivity contribution < 1.29 is 22.4 Å². The van der Waals surface area contributed by atoms with Gasteiger partial charge in [-0.2, -0.15) is 5.10 Å². The Hall–Kier alpha value is -2.34. The van der Waals surface area contributed by atoms with Crippen LogP contribution in [0.4, 0.5) is 0 Å². The Kier molecular flexibility index (Phi) is 7.91. The van der Waals surface area contributed by atoms with Crippen molar-refractivity contribution in [2.24, 2.45) is 0 Å². The van der Waals surface area contributed by atoms with E-state index in [1.165, 1.54) is 32.4 Å². The van der Waals surface area contributed by atoms with Crippen LogP contribution in [-0.2, 0) is 6.54 Å². The number of nitrogens with zero attached hydrogens (tertiary/aromatic N) is 3. The normalized spacial score (nSPS) is 14.7. The quantitative estimate of drug-likeness (QED) is 0.583. The van der Waals surface area contributed by atoms with Crippen LogP contribution in [0.15, 0.2) is 48.5 Å². The van der Waals surface area contributed by atoms with Crippen LogP contribution in [0.25, 0.3) is 23.5 Å². The fourth-order valence-electron chi connectivity index (χ4n) is 3.79. The van der Waals surface area contributed by atoms with Crippen LogP contribution in [0.5, 0.6) is 5.75 Å². The molecule has 1 fully saturated rings. The summed E-state index contributed by atoms with van der Waals surface area (Å²) >= 11 is 6.25. The number of quaternary nitrogens is 1. The summed E-state index contributed by atoms with van der Waals surface area (Å²) in [7, 11) is 0. The van der Waals surface area contributed by atoms with Gasteiger partial charge in [-0.1, -0.05) is 41.9 Å². The predicted octanol–water partition coefficient (Wildman–Crippen LogP) is 0.547. The molecular formula is C23H26Cl2N4O. The number of rotatable bonds is 6. The van der Waals surface area contributed by atoms with Gasteiger partial charge >= 0.3 is 0 Å². The van der Waals surface area contributed by atoms with Gasteiger partial charge in [-0.3, -0.25) is 0 Å². The molecule has 0 amide bonds. The lowest BCUT2D eigenvalue weighted by Gasteiger charge is -2.23. The summed E-state index contributed by atoms with van der Waals surface area (Å²) in [5.41, 5.74) is 1.62. The number of benzene rings is 2. The van der Waals surface area contributed by atoms with Gasteiger partial charge in [0, 0.05) is 5.02 Å². The van der Waals surface area contributed by atoms with Crippen molar-refractivity contribution in [1.82, 2.24) is 14.8 Å². The van der Waals surface area contributed by atoms with Crippen molar-refractivity contribution in [2.75, 3.05) is 19.6 Å². The molecule has 2 N–H and O–H groups in total. The predicted molar refractivity (Wildman–Crippen MR) is 117 cm³/mol. The molecule has 1 aliphatic heterocycles. The number of hydrogen-bond acceptors (Lipinski definition) is 3. The molecule has 0 saturated carbocycles. The zero-order valence-corrected chi connectivity index (χ0v) is 18.3. The molecule has 0 radical (unpaired) electrons. The average molecular weight is 445 g/mol. The molecule has 0 bridgehead atoms. The van der Waals surface area contributed by atoms with Gasteiger partial charge in [0.15, 0.2) is 11.6 Å². The van der Waals surface area contributed by atoms with E-state index in [0.29, 0.717) is 22.2 Å². The maximum Gasteiger partial charge on any atom is 0.174 e. The van der Waals surface area contributed by atoms with Crippen molar-refractivity contribution in [1.29, 1.82) is 0 Å². The number of halogens is 2. The van der Waals surface area contributed by atoms with E-state index in [1.807, 2.05) is 59.3 Å². The van der Waals surface area contributed by atoms with Crippen LogP contribution in [-0.4, -0.2) is 39.5 Å². The zero-order chi connectivity index (χ0) is 20.1. The summed E-state index contributed by atoms with van der Waals surface area (Å²) in [6, 6.07) is 15.0. The number of nitrogens with one attached hydrogen (secondary N) is 1. The van der Waals surface area contributed by atoms with Crippen molar-refractivity contribution in [2.45, 2.75) is 25.8 Å². The summed E-state index contributed by atoms with van der Waals surface area (Å²) in [5.74, 6) is 1.52. The first-order chi connectivity index (χ1) is 14.2. The molecule has 3 aromatic rings. The maximum atomic E-state index is 10.3. The highest BCUT2D eigenvalue weighted by Crippen LogP contribution is 2.27. The molecule has 1 aromatic heterocycles. The van der Waals surface area contributed by atoms with Gasteiger partial charge in [0.2, 0.25) is 0 Å². The minimum Gasteiger partial charge on any atom is -1.00 e. The van der Waals surface area contributed by atoms with E-state index in [9.17, 15) is 5.11 Å². The summed E-state index contributed by atoms with van der Waals surface area (Å²) < 4.78 is 1.92. The van der Waals surface area contributed by atoms with Crippen LogP contribution in [0.3, 0.4) is 0 Å². The molecule has 30 heavy (non-hydrogen) atoms. The number of aromatic hydroxyl groups is 1. The van der Waals surface area contributed by atoms with Crippen LogP contribution in [0, 0.1) is 0 Å². The van der Waals surface area contributed by atoms with E-state index in [4.69, 9.17) is 21.7 Å². The molecule has 5 nitrogen and oxygen atoms in total. The van der Waals surface area contributed by atoms with Gasteiger partial charge in [-0.15, -0.1) is 0 Å². The molecule has 0 spiro atoms. The highest BCUT2D eigenvalue weighted by molar-refractivity contribution is 6.32. The summed E-state index contributed by atoms with van der Waals surface area (Å²) in [4.78, 5) is 6.32. The second kappa shape index (κ2) is 10.6. The SMILES string of the molecule is Oc1ccccc1-c1nc(/C=C/c2ccccc2Cl)nn1CC[NH+]1CCCCC1.[Cl-]. The van der Waals surface area contributed by atoms with Crippen molar-refractivity contribution in [3.05, 3.63) is 64.9 Å².